The Bertz CT molecular complexity index is 177. The number of hydrogen-bond acceptors (Lipinski definition) is 2. The van der Waals surface area contributed by atoms with Gasteiger partial charge in [-0.05, 0) is 31.6 Å². The van der Waals surface area contributed by atoms with Crippen LogP contribution in [0.2, 0.25) is 0 Å². The molecule has 1 saturated carbocycles. The molecule has 0 aromatic heterocycles. The maximum Gasteiger partial charge on any atom is 0.0592 e. The Labute approximate surface area is 87.3 Å². The van der Waals surface area contributed by atoms with E-state index in [1.807, 2.05) is 0 Å². The van der Waals surface area contributed by atoms with Gasteiger partial charge in [-0.15, -0.1) is 0 Å². The Morgan fingerprint density at radius 2 is 1.93 bits per heavy atom. The van der Waals surface area contributed by atoms with Gasteiger partial charge in [0, 0.05) is 19.1 Å². The second kappa shape index (κ2) is 4.63. The summed E-state index contributed by atoms with van der Waals surface area (Å²) in [6.07, 6.45) is 7.72. The summed E-state index contributed by atoms with van der Waals surface area (Å²) in [7, 11) is 0. The molecule has 0 spiro atoms. The molecule has 0 aromatic carbocycles. The van der Waals surface area contributed by atoms with E-state index in [0.717, 1.165) is 32.0 Å². The number of aliphatic hydroxyl groups excluding tert-OH is 1. The van der Waals surface area contributed by atoms with E-state index in [4.69, 9.17) is 0 Å². The van der Waals surface area contributed by atoms with Crippen LogP contribution in [0.25, 0.3) is 0 Å². The average Bonchev–Trinajstić information content (AvgIpc) is 2.71. The maximum atomic E-state index is 9.80. The zero-order chi connectivity index (χ0) is 9.97. The van der Waals surface area contributed by atoms with Crippen molar-refractivity contribution in [1.82, 2.24) is 4.90 Å². The van der Waals surface area contributed by atoms with Crippen LogP contribution in [0.1, 0.15) is 45.4 Å². The van der Waals surface area contributed by atoms with E-state index >= 15 is 0 Å². The third-order valence-electron chi connectivity index (χ3n) is 4.09. The smallest absolute Gasteiger partial charge is 0.0592 e. The minimum absolute atomic E-state index is 0.0300. The molecule has 2 aliphatic rings. The average molecular weight is 197 g/mol. The van der Waals surface area contributed by atoms with Crippen LogP contribution >= 0.6 is 0 Å². The highest BCUT2D eigenvalue weighted by atomic mass is 16.3. The van der Waals surface area contributed by atoms with Crippen LogP contribution < -0.4 is 0 Å². The fraction of sp³-hybridized carbons (Fsp3) is 1.00. The van der Waals surface area contributed by atoms with Crippen molar-refractivity contribution < 1.29 is 5.11 Å². The fourth-order valence-corrected chi connectivity index (χ4v) is 3.05. The SMILES string of the molecule is CCC1CN(C2CCCC2)CCC1O. The molecule has 2 rings (SSSR count). The lowest BCUT2D eigenvalue weighted by Crippen LogP contribution is -2.46. The molecule has 82 valence electrons. The predicted molar refractivity (Wildman–Crippen MR) is 58.2 cm³/mol. The Balaban J connectivity index is 1.88. The van der Waals surface area contributed by atoms with Gasteiger partial charge in [-0.3, -0.25) is 4.90 Å². The van der Waals surface area contributed by atoms with Gasteiger partial charge in [0.25, 0.3) is 0 Å². The molecule has 1 aliphatic heterocycles. The third-order valence-corrected chi connectivity index (χ3v) is 4.09. The Kier molecular flexibility index (Phi) is 3.45. The van der Waals surface area contributed by atoms with Crippen LogP contribution in [0, 0.1) is 5.92 Å². The highest BCUT2D eigenvalue weighted by Crippen LogP contribution is 2.28. The van der Waals surface area contributed by atoms with E-state index in [0.29, 0.717) is 5.92 Å². The summed E-state index contributed by atoms with van der Waals surface area (Å²) in [6.45, 7) is 4.47. The van der Waals surface area contributed by atoms with E-state index in [1.54, 1.807) is 0 Å². The van der Waals surface area contributed by atoms with Gasteiger partial charge in [0.2, 0.25) is 0 Å². The molecule has 1 aliphatic carbocycles. The topological polar surface area (TPSA) is 23.5 Å². The number of nitrogens with zero attached hydrogens (tertiary/aromatic N) is 1. The van der Waals surface area contributed by atoms with E-state index in [9.17, 15) is 5.11 Å². The van der Waals surface area contributed by atoms with Gasteiger partial charge >= 0.3 is 0 Å². The number of likely N-dealkylation sites (tertiary alicyclic amines) is 1. The van der Waals surface area contributed by atoms with Crippen molar-refractivity contribution in [2.24, 2.45) is 5.92 Å². The lowest BCUT2D eigenvalue weighted by molar-refractivity contribution is 0.00923. The number of rotatable bonds is 2. The second-order valence-electron chi connectivity index (χ2n) is 4.96. The molecule has 14 heavy (non-hydrogen) atoms. The second-order valence-corrected chi connectivity index (χ2v) is 4.96. The van der Waals surface area contributed by atoms with Crippen LogP contribution in [-0.2, 0) is 0 Å². The molecule has 1 N–H and O–H groups in total. The monoisotopic (exact) mass is 197 g/mol. The van der Waals surface area contributed by atoms with Gasteiger partial charge < -0.3 is 5.11 Å². The van der Waals surface area contributed by atoms with Gasteiger partial charge in [-0.2, -0.15) is 0 Å². The van der Waals surface area contributed by atoms with Crippen LogP contribution in [0.3, 0.4) is 0 Å². The Morgan fingerprint density at radius 3 is 2.57 bits per heavy atom. The zero-order valence-corrected chi connectivity index (χ0v) is 9.28. The van der Waals surface area contributed by atoms with Crippen molar-refractivity contribution >= 4 is 0 Å². The molecule has 2 unspecified atom stereocenters. The Hall–Kier alpha value is -0.0800. The molecular formula is C12H23NO. The molecule has 1 saturated heterocycles. The molecule has 0 aromatic rings. The summed E-state index contributed by atoms with van der Waals surface area (Å²) < 4.78 is 0. The standard InChI is InChI=1S/C12H23NO/c1-2-10-9-13(8-7-12(10)14)11-5-3-4-6-11/h10-12,14H,2-9H2,1H3. The van der Waals surface area contributed by atoms with Gasteiger partial charge in [0.1, 0.15) is 0 Å². The summed E-state index contributed by atoms with van der Waals surface area (Å²) >= 11 is 0. The maximum absolute atomic E-state index is 9.80. The Morgan fingerprint density at radius 1 is 1.21 bits per heavy atom. The molecule has 0 amide bonds. The first-order valence-electron chi connectivity index (χ1n) is 6.23. The molecule has 0 radical (unpaired) electrons. The first-order valence-corrected chi connectivity index (χ1v) is 6.23. The summed E-state index contributed by atoms with van der Waals surface area (Å²) in [5, 5.41) is 9.80. The number of aliphatic hydroxyl groups is 1. The molecule has 2 fully saturated rings. The van der Waals surface area contributed by atoms with Gasteiger partial charge in [-0.1, -0.05) is 19.8 Å². The van der Waals surface area contributed by atoms with Crippen LogP contribution in [0.15, 0.2) is 0 Å². The summed E-state index contributed by atoms with van der Waals surface area (Å²) in [5.74, 6) is 0.532. The largest absolute Gasteiger partial charge is 0.393 e. The van der Waals surface area contributed by atoms with E-state index in [-0.39, 0.29) is 6.10 Å². The highest BCUT2D eigenvalue weighted by molar-refractivity contribution is 4.85. The van der Waals surface area contributed by atoms with Crippen molar-refractivity contribution in [3.05, 3.63) is 0 Å². The number of hydrogen-bond donors (Lipinski definition) is 1. The van der Waals surface area contributed by atoms with Gasteiger partial charge in [0.15, 0.2) is 0 Å². The fourth-order valence-electron chi connectivity index (χ4n) is 3.05. The summed E-state index contributed by atoms with van der Waals surface area (Å²) in [5.41, 5.74) is 0. The van der Waals surface area contributed by atoms with Crippen molar-refractivity contribution in [3.8, 4) is 0 Å². The van der Waals surface area contributed by atoms with E-state index in [1.165, 1.54) is 25.7 Å². The normalized spacial score (nSPS) is 36.4. The van der Waals surface area contributed by atoms with E-state index < -0.39 is 0 Å². The minimum Gasteiger partial charge on any atom is -0.393 e. The van der Waals surface area contributed by atoms with Crippen LogP contribution in [-0.4, -0.2) is 35.2 Å². The molecule has 2 heteroatoms. The quantitative estimate of drug-likeness (QED) is 0.732. The summed E-state index contributed by atoms with van der Waals surface area (Å²) in [4.78, 5) is 2.63. The van der Waals surface area contributed by atoms with Crippen molar-refractivity contribution in [3.63, 3.8) is 0 Å². The lowest BCUT2D eigenvalue weighted by Gasteiger charge is -2.39. The molecule has 2 atom stereocenters. The van der Waals surface area contributed by atoms with Crippen molar-refractivity contribution in [2.75, 3.05) is 13.1 Å². The minimum atomic E-state index is -0.0300. The zero-order valence-electron chi connectivity index (χ0n) is 9.28. The molecule has 2 nitrogen and oxygen atoms in total. The van der Waals surface area contributed by atoms with Crippen molar-refractivity contribution in [2.45, 2.75) is 57.6 Å². The molecular weight excluding hydrogens is 174 g/mol. The highest BCUT2D eigenvalue weighted by Gasteiger charge is 2.31. The predicted octanol–water partition coefficient (Wildman–Crippen LogP) is 2.02. The van der Waals surface area contributed by atoms with Crippen LogP contribution in [0.5, 0.6) is 0 Å². The number of piperidine rings is 1. The van der Waals surface area contributed by atoms with Gasteiger partial charge in [-0.25, -0.2) is 0 Å². The van der Waals surface area contributed by atoms with Crippen molar-refractivity contribution in [1.29, 1.82) is 0 Å². The summed E-state index contributed by atoms with van der Waals surface area (Å²) in [6, 6.07) is 0.844. The lowest BCUT2D eigenvalue weighted by atomic mass is 9.91. The first-order chi connectivity index (χ1) is 6.81. The van der Waals surface area contributed by atoms with E-state index in [2.05, 4.69) is 11.8 Å². The first kappa shape index (κ1) is 10.4. The van der Waals surface area contributed by atoms with Gasteiger partial charge in [0.05, 0.1) is 6.10 Å². The van der Waals surface area contributed by atoms with Crippen LogP contribution in [0.4, 0.5) is 0 Å². The third kappa shape index (κ3) is 2.12. The molecule has 0 bridgehead atoms. The molecule has 1 heterocycles.